The van der Waals surface area contributed by atoms with Gasteiger partial charge in [0.2, 0.25) is 6.41 Å². The van der Waals surface area contributed by atoms with E-state index in [1.165, 1.54) is 0 Å². The van der Waals surface area contributed by atoms with Gasteiger partial charge in [0.15, 0.2) is 0 Å². The molecule has 0 saturated heterocycles. The van der Waals surface area contributed by atoms with E-state index in [0.29, 0.717) is 19.7 Å². The van der Waals surface area contributed by atoms with E-state index in [9.17, 15) is 4.79 Å². The molecule has 0 heterocycles. The molecule has 21 heavy (non-hydrogen) atoms. The summed E-state index contributed by atoms with van der Waals surface area (Å²) in [5.74, 6) is 0.846. The topological polar surface area (TPSA) is 29.5 Å². The first-order chi connectivity index (χ1) is 10.4. The molecular formula is C18H19NO2. The quantitative estimate of drug-likeness (QED) is 0.549. The Morgan fingerprint density at radius 3 is 2.24 bits per heavy atom. The predicted molar refractivity (Wildman–Crippen MR) is 84.0 cm³/mol. The monoisotopic (exact) mass is 281 g/mol. The van der Waals surface area contributed by atoms with Gasteiger partial charge in [0.1, 0.15) is 12.4 Å². The Labute approximate surface area is 125 Å². The maximum absolute atomic E-state index is 11.1. The van der Waals surface area contributed by atoms with Crippen LogP contribution >= 0.6 is 0 Å². The van der Waals surface area contributed by atoms with Crippen molar-refractivity contribution in [2.24, 2.45) is 0 Å². The second-order valence-corrected chi connectivity index (χ2v) is 4.62. The van der Waals surface area contributed by atoms with E-state index in [1.807, 2.05) is 72.8 Å². The van der Waals surface area contributed by atoms with Gasteiger partial charge < -0.3 is 9.64 Å². The maximum atomic E-state index is 11.1. The van der Waals surface area contributed by atoms with Gasteiger partial charge in [-0.15, -0.1) is 0 Å². The van der Waals surface area contributed by atoms with Gasteiger partial charge in [-0.05, 0) is 23.8 Å². The Hall–Kier alpha value is -2.55. The second kappa shape index (κ2) is 8.59. The largest absolute Gasteiger partial charge is 0.490 e. The summed E-state index contributed by atoms with van der Waals surface area (Å²) >= 11 is 0. The zero-order valence-corrected chi connectivity index (χ0v) is 11.9. The summed E-state index contributed by atoms with van der Waals surface area (Å²) in [7, 11) is 0. The van der Waals surface area contributed by atoms with E-state index in [-0.39, 0.29) is 0 Å². The Morgan fingerprint density at radius 2 is 1.57 bits per heavy atom. The Morgan fingerprint density at radius 1 is 0.905 bits per heavy atom. The molecule has 0 aliphatic carbocycles. The van der Waals surface area contributed by atoms with Crippen molar-refractivity contribution in [1.29, 1.82) is 0 Å². The third-order valence-corrected chi connectivity index (χ3v) is 2.97. The average molecular weight is 281 g/mol. The summed E-state index contributed by atoms with van der Waals surface area (Å²) in [6, 6.07) is 19.6. The molecule has 0 N–H and O–H groups in total. The number of nitrogens with zero attached hydrogens (tertiary/aromatic N) is 1. The Kier molecular flexibility index (Phi) is 6.07. The van der Waals surface area contributed by atoms with Crippen molar-refractivity contribution < 1.29 is 9.53 Å². The number of hydrogen-bond donors (Lipinski definition) is 0. The van der Waals surface area contributed by atoms with Crippen molar-refractivity contribution in [1.82, 2.24) is 4.90 Å². The molecule has 0 spiro atoms. The van der Waals surface area contributed by atoms with Gasteiger partial charge in [-0.25, -0.2) is 0 Å². The highest BCUT2D eigenvalue weighted by Gasteiger charge is 1.99. The molecule has 0 bridgehead atoms. The van der Waals surface area contributed by atoms with Gasteiger partial charge in [-0.3, -0.25) is 4.79 Å². The van der Waals surface area contributed by atoms with Crippen LogP contribution in [0.4, 0.5) is 0 Å². The summed E-state index contributed by atoms with van der Waals surface area (Å²) in [6.07, 6.45) is 4.74. The molecule has 3 nitrogen and oxygen atoms in total. The van der Waals surface area contributed by atoms with Crippen LogP contribution in [0.15, 0.2) is 72.8 Å². The Balaban J connectivity index is 1.72. The number of carbonyl (C=O) groups is 1. The fourth-order valence-corrected chi connectivity index (χ4v) is 1.90. The van der Waals surface area contributed by atoms with E-state index in [4.69, 9.17) is 4.74 Å². The van der Waals surface area contributed by atoms with Crippen LogP contribution in [0.5, 0.6) is 5.75 Å². The van der Waals surface area contributed by atoms with Crippen LogP contribution in [0, 0.1) is 0 Å². The molecule has 0 saturated carbocycles. The molecule has 0 atom stereocenters. The number of carbonyl (C=O) groups excluding carboxylic acids is 1. The first-order valence-corrected chi connectivity index (χ1v) is 6.94. The number of amides is 1. The highest BCUT2D eigenvalue weighted by molar-refractivity contribution is 5.47. The van der Waals surface area contributed by atoms with Crippen molar-refractivity contribution in [3.63, 3.8) is 0 Å². The van der Waals surface area contributed by atoms with Crippen LogP contribution in [0.3, 0.4) is 0 Å². The molecule has 0 fully saturated rings. The molecule has 3 heteroatoms. The standard InChI is InChI=1S/C18H19NO2/c20-16-19(15-17-9-3-1-4-10-17)13-7-8-14-21-18-11-5-2-6-12-18/h1-12,16H,13-15H2. The number of benzene rings is 2. The molecule has 0 aliphatic rings. The van der Waals surface area contributed by atoms with Crippen LogP contribution in [-0.4, -0.2) is 24.5 Å². The first-order valence-electron chi connectivity index (χ1n) is 6.94. The van der Waals surface area contributed by atoms with Crippen molar-refractivity contribution in [3.05, 3.63) is 78.4 Å². The van der Waals surface area contributed by atoms with E-state index in [1.54, 1.807) is 4.90 Å². The van der Waals surface area contributed by atoms with Crippen molar-refractivity contribution >= 4 is 6.41 Å². The van der Waals surface area contributed by atoms with Crippen LogP contribution < -0.4 is 4.74 Å². The van der Waals surface area contributed by atoms with Crippen LogP contribution in [0.1, 0.15) is 5.56 Å². The fourth-order valence-electron chi connectivity index (χ4n) is 1.90. The molecule has 1 amide bonds. The molecular weight excluding hydrogens is 262 g/mol. The number of ether oxygens (including phenoxy) is 1. The van der Waals surface area contributed by atoms with Gasteiger partial charge in [0.25, 0.3) is 0 Å². The maximum Gasteiger partial charge on any atom is 0.210 e. The van der Waals surface area contributed by atoms with E-state index >= 15 is 0 Å². The number of rotatable bonds is 8. The minimum Gasteiger partial charge on any atom is -0.490 e. The lowest BCUT2D eigenvalue weighted by Gasteiger charge is -2.15. The Bertz CT molecular complexity index is 552. The number of hydrogen-bond acceptors (Lipinski definition) is 2. The smallest absolute Gasteiger partial charge is 0.210 e. The zero-order valence-electron chi connectivity index (χ0n) is 11.9. The van der Waals surface area contributed by atoms with Crippen LogP contribution in [-0.2, 0) is 11.3 Å². The van der Waals surface area contributed by atoms with Gasteiger partial charge in [0, 0.05) is 13.1 Å². The van der Waals surface area contributed by atoms with Crippen molar-refractivity contribution in [2.45, 2.75) is 6.54 Å². The highest BCUT2D eigenvalue weighted by atomic mass is 16.5. The molecule has 2 rings (SSSR count). The molecule has 0 unspecified atom stereocenters. The van der Waals surface area contributed by atoms with Crippen LogP contribution in [0.25, 0.3) is 0 Å². The summed E-state index contributed by atoms with van der Waals surface area (Å²) in [4.78, 5) is 12.8. The predicted octanol–water partition coefficient (Wildman–Crippen LogP) is 3.28. The van der Waals surface area contributed by atoms with Gasteiger partial charge >= 0.3 is 0 Å². The first kappa shape index (κ1) is 14.9. The summed E-state index contributed by atoms with van der Waals surface area (Å²) < 4.78 is 5.55. The zero-order chi connectivity index (χ0) is 14.8. The fraction of sp³-hybridized carbons (Fsp3) is 0.167. The molecule has 2 aromatic rings. The molecule has 2 aromatic carbocycles. The van der Waals surface area contributed by atoms with Crippen molar-refractivity contribution in [3.8, 4) is 5.75 Å². The lowest BCUT2D eigenvalue weighted by Crippen LogP contribution is -2.21. The highest BCUT2D eigenvalue weighted by Crippen LogP contribution is 2.08. The average Bonchev–Trinajstić information content (AvgIpc) is 2.55. The number of para-hydroxylation sites is 1. The van der Waals surface area contributed by atoms with Gasteiger partial charge in [-0.2, -0.15) is 0 Å². The van der Waals surface area contributed by atoms with Crippen molar-refractivity contribution in [2.75, 3.05) is 13.2 Å². The van der Waals surface area contributed by atoms with Crippen LogP contribution in [0.2, 0.25) is 0 Å². The summed E-state index contributed by atoms with van der Waals surface area (Å²) in [6.45, 7) is 1.70. The lowest BCUT2D eigenvalue weighted by molar-refractivity contribution is -0.118. The minimum atomic E-state index is 0.502. The van der Waals surface area contributed by atoms with Gasteiger partial charge in [0.05, 0.1) is 0 Å². The summed E-state index contributed by atoms with van der Waals surface area (Å²) in [5.41, 5.74) is 1.12. The molecule has 108 valence electrons. The third-order valence-electron chi connectivity index (χ3n) is 2.97. The second-order valence-electron chi connectivity index (χ2n) is 4.62. The van der Waals surface area contributed by atoms with E-state index < -0.39 is 0 Å². The third kappa shape index (κ3) is 5.53. The normalized spacial score (nSPS) is 10.5. The molecule has 0 aliphatic heterocycles. The van der Waals surface area contributed by atoms with Gasteiger partial charge in [-0.1, -0.05) is 54.6 Å². The molecule has 0 radical (unpaired) electrons. The SMILES string of the molecule is O=CN(CC=CCOc1ccccc1)Cc1ccccc1. The minimum absolute atomic E-state index is 0.502. The summed E-state index contributed by atoms with van der Waals surface area (Å²) in [5, 5.41) is 0. The molecule has 0 aromatic heterocycles. The van der Waals surface area contributed by atoms with E-state index in [2.05, 4.69) is 0 Å². The lowest BCUT2D eigenvalue weighted by atomic mass is 10.2. The van der Waals surface area contributed by atoms with E-state index in [0.717, 1.165) is 17.7 Å².